The van der Waals surface area contributed by atoms with E-state index in [0.717, 1.165) is 19.2 Å². The van der Waals surface area contributed by atoms with Crippen molar-refractivity contribution < 1.29 is 0 Å². The SMILES string of the molecule is CNC(c1ccccc1)c1nnc(-c2ccc(Cl)s2)s1. The molecule has 0 saturated carbocycles. The molecule has 6 heteroatoms. The Morgan fingerprint density at radius 3 is 2.50 bits per heavy atom. The van der Waals surface area contributed by atoms with Gasteiger partial charge in [-0.25, -0.2) is 0 Å². The number of nitrogens with zero attached hydrogens (tertiary/aromatic N) is 2. The molecule has 20 heavy (non-hydrogen) atoms. The van der Waals surface area contributed by atoms with E-state index in [-0.39, 0.29) is 6.04 Å². The molecule has 2 heterocycles. The lowest BCUT2D eigenvalue weighted by Crippen LogP contribution is -2.17. The Hall–Kier alpha value is -1.27. The van der Waals surface area contributed by atoms with E-state index in [9.17, 15) is 0 Å². The highest BCUT2D eigenvalue weighted by molar-refractivity contribution is 7.23. The first kappa shape index (κ1) is 13.7. The van der Waals surface area contributed by atoms with Gasteiger partial charge in [-0.2, -0.15) is 0 Å². The predicted octanol–water partition coefficient (Wildman–Crippen LogP) is 4.23. The fourth-order valence-electron chi connectivity index (χ4n) is 1.96. The van der Waals surface area contributed by atoms with Crippen molar-refractivity contribution in [1.82, 2.24) is 15.5 Å². The Balaban J connectivity index is 1.92. The number of benzene rings is 1. The summed E-state index contributed by atoms with van der Waals surface area (Å²) in [7, 11) is 1.93. The number of rotatable bonds is 4. The van der Waals surface area contributed by atoms with E-state index in [1.165, 1.54) is 16.9 Å². The average Bonchev–Trinajstić information content (AvgIpc) is 3.10. The van der Waals surface area contributed by atoms with Crippen LogP contribution in [0.1, 0.15) is 16.6 Å². The van der Waals surface area contributed by atoms with Crippen molar-refractivity contribution >= 4 is 34.3 Å². The van der Waals surface area contributed by atoms with E-state index in [4.69, 9.17) is 11.6 Å². The van der Waals surface area contributed by atoms with Crippen LogP contribution in [0.3, 0.4) is 0 Å². The van der Waals surface area contributed by atoms with E-state index < -0.39 is 0 Å². The van der Waals surface area contributed by atoms with Gasteiger partial charge in [0, 0.05) is 0 Å². The van der Waals surface area contributed by atoms with Gasteiger partial charge in [0.05, 0.1) is 15.3 Å². The zero-order valence-corrected chi connectivity index (χ0v) is 13.1. The van der Waals surface area contributed by atoms with Crippen LogP contribution in [-0.4, -0.2) is 17.2 Å². The predicted molar refractivity (Wildman–Crippen MR) is 85.6 cm³/mol. The molecule has 1 unspecified atom stereocenters. The molecule has 0 saturated heterocycles. The Morgan fingerprint density at radius 2 is 1.85 bits per heavy atom. The van der Waals surface area contributed by atoms with Crippen LogP contribution in [-0.2, 0) is 0 Å². The largest absolute Gasteiger partial charge is 0.307 e. The van der Waals surface area contributed by atoms with Crippen molar-refractivity contribution in [3.05, 3.63) is 57.4 Å². The normalized spacial score (nSPS) is 12.5. The van der Waals surface area contributed by atoms with Crippen molar-refractivity contribution in [1.29, 1.82) is 0 Å². The second-order valence-electron chi connectivity index (χ2n) is 4.18. The molecule has 3 rings (SSSR count). The van der Waals surface area contributed by atoms with Gasteiger partial charge in [0.25, 0.3) is 0 Å². The zero-order valence-electron chi connectivity index (χ0n) is 10.7. The van der Waals surface area contributed by atoms with Crippen LogP contribution < -0.4 is 5.32 Å². The topological polar surface area (TPSA) is 37.8 Å². The van der Waals surface area contributed by atoms with Crippen LogP contribution in [0.2, 0.25) is 4.34 Å². The van der Waals surface area contributed by atoms with Crippen LogP contribution in [0.4, 0.5) is 0 Å². The van der Waals surface area contributed by atoms with Gasteiger partial charge in [-0.1, -0.05) is 53.3 Å². The second kappa shape index (κ2) is 6.01. The van der Waals surface area contributed by atoms with Gasteiger partial charge in [0.15, 0.2) is 5.01 Å². The van der Waals surface area contributed by atoms with Crippen LogP contribution in [0.25, 0.3) is 9.88 Å². The minimum absolute atomic E-state index is 0.0675. The Kier molecular flexibility index (Phi) is 4.12. The molecule has 102 valence electrons. The van der Waals surface area contributed by atoms with E-state index in [1.807, 2.05) is 37.4 Å². The van der Waals surface area contributed by atoms with Gasteiger partial charge >= 0.3 is 0 Å². The molecular formula is C14H12ClN3S2. The third kappa shape index (κ3) is 2.76. The molecule has 0 fully saturated rings. The molecule has 1 atom stereocenters. The first-order valence-corrected chi connectivity index (χ1v) is 8.10. The third-order valence-corrected chi connectivity index (χ3v) is 5.28. The molecule has 0 aliphatic heterocycles. The monoisotopic (exact) mass is 321 g/mol. The van der Waals surface area contributed by atoms with Crippen LogP contribution in [0.5, 0.6) is 0 Å². The average molecular weight is 322 g/mol. The molecule has 0 aliphatic carbocycles. The Bertz CT molecular complexity index is 693. The van der Waals surface area contributed by atoms with Crippen molar-refractivity contribution in [3.8, 4) is 9.88 Å². The van der Waals surface area contributed by atoms with E-state index in [2.05, 4.69) is 27.6 Å². The molecule has 0 bridgehead atoms. The molecule has 2 aromatic heterocycles. The molecule has 0 aliphatic rings. The van der Waals surface area contributed by atoms with Crippen molar-refractivity contribution in [3.63, 3.8) is 0 Å². The quantitative estimate of drug-likeness (QED) is 0.781. The molecule has 3 nitrogen and oxygen atoms in total. The fourth-order valence-corrected chi connectivity index (χ4v) is 4.03. The summed E-state index contributed by atoms with van der Waals surface area (Å²) in [5.74, 6) is 0. The number of nitrogens with one attached hydrogen (secondary N) is 1. The molecule has 1 aromatic carbocycles. The number of aromatic nitrogens is 2. The van der Waals surface area contributed by atoms with Crippen LogP contribution in [0, 0.1) is 0 Å². The maximum atomic E-state index is 5.97. The maximum absolute atomic E-state index is 5.97. The minimum Gasteiger partial charge on any atom is -0.307 e. The Morgan fingerprint density at radius 1 is 1.05 bits per heavy atom. The van der Waals surface area contributed by atoms with Crippen LogP contribution in [0.15, 0.2) is 42.5 Å². The number of hydrogen-bond acceptors (Lipinski definition) is 5. The maximum Gasteiger partial charge on any atom is 0.157 e. The van der Waals surface area contributed by atoms with Gasteiger partial charge in [-0.15, -0.1) is 21.5 Å². The van der Waals surface area contributed by atoms with Crippen molar-refractivity contribution in [2.24, 2.45) is 0 Å². The van der Waals surface area contributed by atoms with Gasteiger partial charge < -0.3 is 5.32 Å². The molecular weight excluding hydrogens is 310 g/mol. The lowest BCUT2D eigenvalue weighted by atomic mass is 10.1. The van der Waals surface area contributed by atoms with Crippen molar-refractivity contribution in [2.45, 2.75) is 6.04 Å². The molecule has 0 radical (unpaired) electrons. The summed E-state index contributed by atoms with van der Waals surface area (Å²) >= 11 is 9.08. The summed E-state index contributed by atoms with van der Waals surface area (Å²) < 4.78 is 0.768. The number of hydrogen-bond donors (Lipinski definition) is 1. The summed E-state index contributed by atoms with van der Waals surface area (Å²) in [5, 5.41) is 13.8. The van der Waals surface area contributed by atoms with E-state index in [1.54, 1.807) is 11.3 Å². The van der Waals surface area contributed by atoms with Gasteiger partial charge in [-0.05, 0) is 24.7 Å². The van der Waals surface area contributed by atoms with E-state index in [0.29, 0.717) is 0 Å². The highest BCUT2D eigenvalue weighted by Gasteiger charge is 2.18. The first-order chi connectivity index (χ1) is 9.78. The molecule has 0 spiro atoms. The van der Waals surface area contributed by atoms with Crippen LogP contribution >= 0.6 is 34.3 Å². The van der Waals surface area contributed by atoms with Gasteiger partial charge in [-0.3, -0.25) is 0 Å². The summed E-state index contributed by atoms with van der Waals surface area (Å²) in [6, 6.07) is 14.2. The highest BCUT2D eigenvalue weighted by atomic mass is 35.5. The fraction of sp³-hybridized carbons (Fsp3) is 0.143. The van der Waals surface area contributed by atoms with Gasteiger partial charge in [0.2, 0.25) is 0 Å². The smallest absolute Gasteiger partial charge is 0.157 e. The minimum atomic E-state index is 0.0675. The highest BCUT2D eigenvalue weighted by Crippen LogP contribution is 2.35. The summed E-state index contributed by atoms with van der Waals surface area (Å²) in [6.07, 6.45) is 0. The second-order valence-corrected chi connectivity index (χ2v) is 6.91. The number of thiophene rings is 1. The Labute approximate surface area is 130 Å². The molecule has 1 N–H and O–H groups in total. The summed E-state index contributed by atoms with van der Waals surface area (Å²) in [5.41, 5.74) is 1.18. The number of halogens is 1. The zero-order chi connectivity index (χ0) is 13.9. The molecule has 3 aromatic rings. The lowest BCUT2D eigenvalue weighted by molar-refractivity contribution is 0.678. The molecule has 0 amide bonds. The summed E-state index contributed by atoms with van der Waals surface area (Å²) in [6.45, 7) is 0. The third-order valence-electron chi connectivity index (χ3n) is 2.89. The standard InChI is InChI=1S/C14H12ClN3S2/c1-16-12(9-5-3-2-4-6-9)14-18-17-13(20-14)10-7-8-11(15)19-10/h2-8,12,16H,1H3. The van der Waals surface area contributed by atoms with E-state index >= 15 is 0 Å². The first-order valence-electron chi connectivity index (χ1n) is 6.09. The lowest BCUT2D eigenvalue weighted by Gasteiger charge is -2.12. The summed E-state index contributed by atoms with van der Waals surface area (Å²) in [4.78, 5) is 1.06. The van der Waals surface area contributed by atoms with Gasteiger partial charge in [0.1, 0.15) is 5.01 Å². The van der Waals surface area contributed by atoms with Crippen molar-refractivity contribution in [2.75, 3.05) is 7.05 Å².